The van der Waals surface area contributed by atoms with Crippen LogP contribution in [-0.4, -0.2) is 15.0 Å². The predicted molar refractivity (Wildman–Crippen MR) is 225 cm³/mol. The van der Waals surface area contributed by atoms with Crippen molar-refractivity contribution >= 4 is 43.9 Å². The molecule has 0 radical (unpaired) electrons. The maximum absolute atomic E-state index is 6.54. The van der Waals surface area contributed by atoms with E-state index in [0.717, 1.165) is 93.9 Å². The smallest absolute Gasteiger partial charge is 0.164 e. The monoisotopic (exact) mass is 715 g/mol. The van der Waals surface area contributed by atoms with Crippen LogP contribution >= 0.6 is 0 Å². The van der Waals surface area contributed by atoms with Crippen molar-refractivity contribution in [2.75, 3.05) is 0 Å². The van der Waals surface area contributed by atoms with Gasteiger partial charge in [-0.25, -0.2) is 15.0 Å². The zero-order chi connectivity index (χ0) is 37.0. The van der Waals surface area contributed by atoms with Crippen LogP contribution in [0, 0.1) is 12.1 Å². The van der Waals surface area contributed by atoms with Crippen LogP contribution in [0.3, 0.4) is 0 Å². The molecule has 0 amide bonds. The maximum Gasteiger partial charge on any atom is 0.164 e. The predicted octanol–water partition coefficient (Wildman–Crippen LogP) is 13.3. The Hall–Kier alpha value is -7.81. The van der Waals surface area contributed by atoms with Crippen molar-refractivity contribution in [3.8, 4) is 67.5 Å². The van der Waals surface area contributed by atoms with E-state index in [9.17, 15) is 0 Å². The molecular weight excluding hydrogens is 687 g/mol. The number of benzene rings is 7. The Labute approximate surface area is 322 Å². The fraction of sp³-hybridized carbons (Fsp3) is 0. The number of fused-ring (bicyclic) bond motifs is 6. The van der Waals surface area contributed by atoms with Gasteiger partial charge in [-0.2, -0.15) is 0 Å². The lowest BCUT2D eigenvalue weighted by atomic mass is 9.95. The Morgan fingerprint density at radius 2 is 0.929 bits per heavy atom. The molecule has 8 aromatic carbocycles. The summed E-state index contributed by atoms with van der Waals surface area (Å²) in [5.74, 6) is 1.68. The minimum absolute atomic E-state index is 0.551. The van der Waals surface area contributed by atoms with Gasteiger partial charge in [0.15, 0.2) is 17.5 Å². The number of aromatic nitrogens is 3. The second-order valence-electron chi connectivity index (χ2n) is 13.8. The fourth-order valence-electron chi connectivity index (χ4n) is 7.71. The van der Waals surface area contributed by atoms with Crippen LogP contribution < -0.4 is 0 Å². The summed E-state index contributed by atoms with van der Waals surface area (Å²) in [5.41, 5.74) is 12.2. The highest BCUT2D eigenvalue weighted by atomic mass is 16.3. The van der Waals surface area contributed by atoms with Crippen molar-refractivity contribution in [2.45, 2.75) is 0 Å². The molecule has 0 fully saturated rings. The van der Waals surface area contributed by atoms with Gasteiger partial charge >= 0.3 is 0 Å². The van der Waals surface area contributed by atoms with Crippen molar-refractivity contribution in [1.29, 1.82) is 0 Å². The van der Waals surface area contributed by atoms with Crippen LogP contribution in [0.4, 0.5) is 0 Å². The van der Waals surface area contributed by atoms with Crippen molar-refractivity contribution in [3.63, 3.8) is 0 Å². The Bertz CT molecular complexity index is 3220. The molecule has 0 aliphatic heterocycles. The molecule has 0 spiro atoms. The highest BCUT2D eigenvalue weighted by Crippen LogP contribution is 2.42. The first-order valence-electron chi connectivity index (χ1n) is 18.5. The topological polar surface area (TPSA) is 65.0 Å². The molecule has 3 aromatic heterocycles. The van der Waals surface area contributed by atoms with E-state index in [4.69, 9.17) is 23.8 Å². The van der Waals surface area contributed by atoms with Gasteiger partial charge in [-0.05, 0) is 70.3 Å². The first-order chi connectivity index (χ1) is 27.7. The maximum atomic E-state index is 6.54. The largest absolute Gasteiger partial charge is 0.456 e. The Morgan fingerprint density at radius 3 is 1.71 bits per heavy atom. The Kier molecular flexibility index (Phi) is 7.33. The SMILES string of the molecule is c1cccc(-c2ccc(-c3cccc4oc5cccc(-c6nc(-c7ccc(-c8ccccc8)cc7)nc(-c7ccc8c(c7)oc7ccccc78)n6)c5c34)cc2)c#1. The molecule has 5 nitrogen and oxygen atoms in total. The molecule has 0 saturated heterocycles. The summed E-state index contributed by atoms with van der Waals surface area (Å²) in [4.78, 5) is 15.5. The van der Waals surface area contributed by atoms with Crippen molar-refractivity contribution in [2.24, 2.45) is 0 Å². The van der Waals surface area contributed by atoms with Crippen LogP contribution in [-0.2, 0) is 0 Å². The molecule has 0 saturated carbocycles. The van der Waals surface area contributed by atoms with Crippen molar-refractivity contribution in [3.05, 3.63) is 188 Å². The molecule has 5 heteroatoms. The van der Waals surface area contributed by atoms with E-state index < -0.39 is 0 Å². The minimum atomic E-state index is 0.551. The first-order valence-corrected chi connectivity index (χ1v) is 18.5. The third-order valence-electron chi connectivity index (χ3n) is 10.4. The zero-order valence-electron chi connectivity index (χ0n) is 29.9. The van der Waals surface area contributed by atoms with E-state index in [-0.39, 0.29) is 0 Å². The van der Waals surface area contributed by atoms with E-state index in [1.54, 1.807) is 0 Å². The number of rotatable bonds is 6. The third-order valence-corrected chi connectivity index (χ3v) is 10.4. The molecule has 0 unspecified atom stereocenters. The number of hydrogen-bond donors (Lipinski definition) is 0. The van der Waals surface area contributed by atoms with E-state index in [0.29, 0.717) is 17.5 Å². The van der Waals surface area contributed by atoms with Crippen LogP contribution in [0.15, 0.2) is 185 Å². The van der Waals surface area contributed by atoms with Crippen LogP contribution in [0.5, 0.6) is 0 Å². The fourth-order valence-corrected chi connectivity index (χ4v) is 7.71. The van der Waals surface area contributed by atoms with Gasteiger partial charge in [0.05, 0.1) is 0 Å². The summed E-state index contributed by atoms with van der Waals surface area (Å²) < 4.78 is 12.8. The number of hydrogen-bond acceptors (Lipinski definition) is 5. The van der Waals surface area contributed by atoms with Crippen molar-refractivity contribution in [1.82, 2.24) is 15.0 Å². The number of nitrogens with zero attached hydrogens (tertiary/aromatic N) is 3. The highest BCUT2D eigenvalue weighted by molar-refractivity contribution is 6.17. The summed E-state index contributed by atoms with van der Waals surface area (Å²) in [6.07, 6.45) is 0. The molecule has 3 heterocycles. The van der Waals surface area contributed by atoms with E-state index in [1.165, 1.54) is 0 Å². The van der Waals surface area contributed by atoms with Gasteiger partial charge in [0.2, 0.25) is 0 Å². The van der Waals surface area contributed by atoms with E-state index in [1.807, 2.05) is 72.8 Å². The summed E-state index contributed by atoms with van der Waals surface area (Å²) in [5, 5.41) is 4.07. The number of para-hydroxylation sites is 1. The van der Waals surface area contributed by atoms with Gasteiger partial charge in [0.1, 0.15) is 22.3 Å². The Morgan fingerprint density at radius 1 is 0.357 bits per heavy atom. The molecule has 0 aliphatic carbocycles. The molecule has 0 N–H and O–H groups in total. The highest BCUT2D eigenvalue weighted by Gasteiger charge is 2.21. The number of furan rings is 2. The Balaban J connectivity index is 1.10. The average molecular weight is 716 g/mol. The lowest BCUT2D eigenvalue weighted by Gasteiger charge is -2.11. The summed E-state index contributed by atoms with van der Waals surface area (Å²) in [7, 11) is 0. The van der Waals surface area contributed by atoms with Gasteiger partial charge in [-0.3, -0.25) is 0 Å². The molecule has 11 rings (SSSR count). The minimum Gasteiger partial charge on any atom is -0.456 e. The summed E-state index contributed by atoms with van der Waals surface area (Å²) in [6, 6.07) is 66.0. The third kappa shape index (κ3) is 5.40. The van der Waals surface area contributed by atoms with Crippen LogP contribution in [0.2, 0.25) is 0 Å². The first kappa shape index (κ1) is 31.7. The van der Waals surface area contributed by atoms with Crippen molar-refractivity contribution < 1.29 is 8.83 Å². The average Bonchev–Trinajstić information content (AvgIpc) is 3.85. The molecular formula is C51H29N3O2. The molecule has 0 aliphatic rings. The standard InChI is InChI=1S/C51H29N3O2/c1-3-11-32(12-4-1)34-21-25-36(26-22-34)39-16-9-19-44-47(39)48-42(17-10-20-45(48)56-44)51-53-49(37-27-23-35(24-28-37)33-13-5-2-6-14-33)52-50(54-51)38-29-30-41-40-15-7-8-18-43(40)55-46(41)31-38/h1-3,5-11,13-31H. The normalized spacial score (nSPS) is 11.4. The quantitative estimate of drug-likeness (QED) is 0.171. The molecule has 0 bridgehead atoms. The van der Waals surface area contributed by atoms with E-state index in [2.05, 4.69) is 115 Å². The van der Waals surface area contributed by atoms with Gasteiger partial charge in [0.25, 0.3) is 0 Å². The molecule has 260 valence electrons. The van der Waals surface area contributed by atoms with Crippen LogP contribution in [0.1, 0.15) is 0 Å². The second kappa shape index (κ2) is 12.9. The zero-order valence-corrected chi connectivity index (χ0v) is 29.9. The van der Waals surface area contributed by atoms with Gasteiger partial charge in [-0.15, -0.1) is 0 Å². The lowest BCUT2D eigenvalue weighted by molar-refractivity contribution is 0.668. The molecule has 11 aromatic rings. The van der Waals surface area contributed by atoms with Gasteiger partial charge in [-0.1, -0.05) is 146 Å². The van der Waals surface area contributed by atoms with Crippen LogP contribution in [0.25, 0.3) is 111 Å². The lowest BCUT2D eigenvalue weighted by Crippen LogP contribution is -2.00. The van der Waals surface area contributed by atoms with Gasteiger partial charge < -0.3 is 8.83 Å². The summed E-state index contributed by atoms with van der Waals surface area (Å²) in [6.45, 7) is 0. The molecule has 56 heavy (non-hydrogen) atoms. The molecule has 0 atom stereocenters. The van der Waals surface area contributed by atoms with E-state index >= 15 is 0 Å². The second-order valence-corrected chi connectivity index (χ2v) is 13.8. The summed E-state index contributed by atoms with van der Waals surface area (Å²) >= 11 is 0. The van der Waals surface area contributed by atoms with Gasteiger partial charge in [0, 0.05) is 43.8 Å².